The van der Waals surface area contributed by atoms with Crippen LogP contribution in [0, 0.1) is 25.1 Å². The molecular weight excluding hydrogens is 607 g/mol. The van der Waals surface area contributed by atoms with E-state index in [-0.39, 0.29) is 17.7 Å². The average molecular weight is 657 g/mol. The smallest absolute Gasteiger partial charge is 0.307 e. The minimum atomic E-state index is -0.889. The number of aliphatic carboxylic acids is 1. The van der Waals surface area contributed by atoms with Crippen molar-refractivity contribution in [1.29, 1.82) is 0 Å². The number of hydrogen-bond donors (Lipinski definition) is 3. The molecule has 3 heterocycles. The van der Waals surface area contributed by atoms with Crippen LogP contribution in [-0.4, -0.2) is 51.4 Å². The van der Waals surface area contributed by atoms with E-state index in [4.69, 9.17) is 14.8 Å². The van der Waals surface area contributed by atoms with Crippen molar-refractivity contribution in [3.63, 3.8) is 0 Å². The normalized spacial score (nSPS) is 14.1. The van der Waals surface area contributed by atoms with Gasteiger partial charge < -0.3 is 25.2 Å². The monoisotopic (exact) mass is 656 g/mol. The Morgan fingerprint density at radius 2 is 1.62 bits per heavy atom. The van der Waals surface area contributed by atoms with Crippen LogP contribution in [0.15, 0.2) is 66.9 Å². The summed E-state index contributed by atoms with van der Waals surface area (Å²) in [6.45, 7) is 15.8. The lowest BCUT2D eigenvalue weighted by Gasteiger charge is -2.40. The molecule has 0 saturated carbocycles. The summed E-state index contributed by atoms with van der Waals surface area (Å²) in [6.07, 6.45) is 4.36. The summed E-state index contributed by atoms with van der Waals surface area (Å²) in [4.78, 5) is 23.9. The number of piperidine rings is 1. The Balaban J connectivity index is 0.000000968. The second-order valence-corrected chi connectivity index (χ2v) is 14.2. The first-order chi connectivity index (χ1) is 22.6. The number of aromatic nitrogens is 2. The maximum Gasteiger partial charge on any atom is 0.307 e. The largest absolute Gasteiger partial charge is 0.493 e. The van der Waals surface area contributed by atoms with Gasteiger partial charge >= 0.3 is 5.97 Å². The Bertz CT molecular complexity index is 1650. The Morgan fingerprint density at radius 1 is 1.00 bits per heavy atom. The summed E-state index contributed by atoms with van der Waals surface area (Å²) in [5.41, 5.74) is 5.85. The maximum absolute atomic E-state index is 13.2. The summed E-state index contributed by atoms with van der Waals surface area (Å²) in [5, 5.41) is 21.8. The summed E-state index contributed by atoms with van der Waals surface area (Å²) in [7, 11) is 0. The van der Waals surface area contributed by atoms with E-state index in [1.807, 2.05) is 50.2 Å². The quantitative estimate of drug-likeness (QED) is 0.157. The molecule has 2 aromatic heterocycles. The van der Waals surface area contributed by atoms with Crippen molar-refractivity contribution in [2.75, 3.05) is 29.9 Å². The summed E-state index contributed by atoms with van der Waals surface area (Å²) < 4.78 is 19.2. The predicted octanol–water partition coefficient (Wildman–Crippen LogP) is 8.30. The second kappa shape index (κ2) is 15.6. The highest BCUT2D eigenvalue weighted by atomic mass is 19.1. The molecule has 0 amide bonds. The molecule has 8 nitrogen and oxygen atoms in total. The Labute approximate surface area is 284 Å². The first-order valence-corrected chi connectivity index (χ1v) is 16.5. The third-order valence-electron chi connectivity index (χ3n) is 8.11. The first-order valence-electron chi connectivity index (χ1n) is 16.5. The number of anilines is 3. The van der Waals surface area contributed by atoms with E-state index < -0.39 is 11.6 Å². The number of pyridine rings is 2. The number of halogens is 1. The lowest BCUT2D eigenvalue weighted by atomic mass is 9.82. The van der Waals surface area contributed by atoms with Crippen molar-refractivity contribution in [1.82, 2.24) is 9.97 Å². The molecule has 5 rings (SSSR count). The van der Waals surface area contributed by atoms with Gasteiger partial charge in [-0.3, -0.25) is 4.79 Å². The second-order valence-electron chi connectivity index (χ2n) is 14.2. The Kier molecular flexibility index (Phi) is 11.8. The zero-order valence-corrected chi connectivity index (χ0v) is 29.2. The van der Waals surface area contributed by atoms with Crippen LogP contribution in [0.2, 0.25) is 0 Å². The number of nitrogens with zero attached hydrogens (tertiary/aromatic N) is 3. The van der Waals surface area contributed by atoms with Gasteiger partial charge in [0.25, 0.3) is 0 Å². The van der Waals surface area contributed by atoms with Crippen molar-refractivity contribution < 1.29 is 24.1 Å². The zero-order valence-electron chi connectivity index (χ0n) is 29.2. The topological polar surface area (TPSA) is 108 Å². The number of nitrogens with one attached hydrogen (secondary N) is 1. The van der Waals surface area contributed by atoms with Crippen LogP contribution < -0.4 is 15.0 Å². The maximum atomic E-state index is 13.2. The van der Waals surface area contributed by atoms with E-state index in [0.29, 0.717) is 36.1 Å². The number of carbonyl (C=O) groups is 1. The number of benzene rings is 2. The Hall–Kier alpha value is -4.50. The fourth-order valence-electron chi connectivity index (χ4n) is 5.46. The van der Waals surface area contributed by atoms with Crippen LogP contribution in [0.4, 0.5) is 21.7 Å². The highest BCUT2D eigenvalue weighted by Gasteiger charge is 2.31. The van der Waals surface area contributed by atoms with Crippen LogP contribution in [0.1, 0.15) is 69.8 Å². The molecule has 0 atom stereocenters. The molecule has 0 spiro atoms. The lowest BCUT2D eigenvalue weighted by molar-refractivity contribution is -0.136. The summed E-state index contributed by atoms with van der Waals surface area (Å²) in [6, 6.07) is 18.2. The molecule has 2 aromatic carbocycles. The van der Waals surface area contributed by atoms with Crippen LogP contribution in [-0.2, 0) is 17.6 Å². The van der Waals surface area contributed by atoms with Crippen molar-refractivity contribution in [3.05, 3.63) is 95.1 Å². The molecule has 0 aliphatic carbocycles. The molecule has 0 radical (unpaired) electrons. The van der Waals surface area contributed by atoms with Gasteiger partial charge in [-0.2, -0.15) is 0 Å². The Morgan fingerprint density at radius 3 is 2.19 bits per heavy atom. The average Bonchev–Trinajstić information content (AvgIpc) is 3.00. The highest BCUT2D eigenvalue weighted by Crippen LogP contribution is 2.44. The van der Waals surface area contributed by atoms with Crippen molar-refractivity contribution in [2.24, 2.45) is 5.41 Å². The number of hydrogen-bond acceptors (Lipinski definition) is 7. The van der Waals surface area contributed by atoms with E-state index in [1.165, 1.54) is 12.1 Å². The fourth-order valence-corrected chi connectivity index (χ4v) is 5.46. The van der Waals surface area contributed by atoms with Gasteiger partial charge in [0, 0.05) is 42.5 Å². The standard InChI is InChI=1S/C35H39FN4O3.C4H10O/c1-23-5-14-30(37-22-23)39-34-32(26-8-12-28(13-9-26)43-20-15-25-6-10-27(36)11-7-25)33(29(21-31(41)42)24(2)38-34)40-18-16-35(3,4)17-19-40;1-4(2,3)5/h5-14,22H,15-21H2,1-4H3,(H,41,42)(H,37,38,39);5H,1-3H3. The predicted molar refractivity (Wildman–Crippen MR) is 191 cm³/mol. The van der Waals surface area contributed by atoms with Crippen molar-refractivity contribution in [2.45, 2.75) is 79.8 Å². The molecule has 48 heavy (non-hydrogen) atoms. The van der Waals surface area contributed by atoms with Gasteiger partial charge in [0.05, 0.1) is 24.3 Å². The van der Waals surface area contributed by atoms with Crippen molar-refractivity contribution >= 4 is 23.3 Å². The van der Waals surface area contributed by atoms with Crippen LogP contribution in [0.3, 0.4) is 0 Å². The highest BCUT2D eigenvalue weighted by molar-refractivity contribution is 5.92. The molecule has 1 saturated heterocycles. The van der Waals surface area contributed by atoms with Gasteiger partial charge in [0.1, 0.15) is 23.2 Å². The van der Waals surface area contributed by atoms with E-state index in [1.54, 1.807) is 39.1 Å². The molecular formula is C39H49FN4O4. The van der Waals surface area contributed by atoms with Gasteiger partial charge in [-0.25, -0.2) is 14.4 Å². The third-order valence-corrected chi connectivity index (χ3v) is 8.11. The minimum absolute atomic E-state index is 0.116. The van der Waals surface area contributed by atoms with E-state index in [2.05, 4.69) is 29.0 Å². The van der Waals surface area contributed by atoms with Gasteiger partial charge in [0.15, 0.2) is 0 Å². The number of carboxylic acid groups (broad SMARTS) is 1. The van der Waals surface area contributed by atoms with Gasteiger partial charge in [-0.1, -0.05) is 44.2 Å². The molecule has 1 aliphatic heterocycles. The number of ether oxygens (including phenoxy) is 1. The molecule has 256 valence electrons. The molecule has 1 fully saturated rings. The van der Waals surface area contributed by atoms with Crippen LogP contribution >= 0.6 is 0 Å². The third kappa shape index (κ3) is 10.8. The summed E-state index contributed by atoms with van der Waals surface area (Å²) in [5.74, 6) is 0.869. The SMILES string of the molecule is CC(C)(C)O.Cc1ccc(Nc2nc(C)c(CC(=O)O)c(N3CCC(C)(C)CC3)c2-c2ccc(OCCc3ccc(F)cc3)cc2)nc1. The lowest BCUT2D eigenvalue weighted by Crippen LogP contribution is -2.38. The van der Waals surface area contributed by atoms with E-state index in [9.17, 15) is 14.3 Å². The number of aliphatic hydroxyl groups is 1. The van der Waals surface area contributed by atoms with Gasteiger partial charge in [-0.05, 0) is 99.9 Å². The number of carboxylic acids is 1. The fraction of sp³-hybridized carbons (Fsp3) is 0.410. The van der Waals surface area contributed by atoms with Gasteiger partial charge in [0.2, 0.25) is 0 Å². The van der Waals surface area contributed by atoms with Gasteiger partial charge in [-0.15, -0.1) is 0 Å². The van der Waals surface area contributed by atoms with E-state index >= 15 is 0 Å². The first kappa shape index (κ1) is 36.3. The molecule has 3 N–H and O–H groups in total. The molecule has 0 unspecified atom stereocenters. The zero-order chi connectivity index (χ0) is 35.1. The van der Waals surface area contributed by atoms with E-state index in [0.717, 1.165) is 59.4 Å². The van der Waals surface area contributed by atoms with Crippen molar-refractivity contribution in [3.8, 4) is 16.9 Å². The molecule has 1 aliphatic rings. The van der Waals surface area contributed by atoms with Crippen LogP contribution in [0.25, 0.3) is 11.1 Å². The minimum Gasteiger partial charge on any atom is -0.493 e. The summed E-state index contributed by atoms with van der Waals surface area (Å²) >= 11 is 0. The number of aryl methyl sites for hydroxylation is 2. The number of rotatable bonds is 10. The molecule has 0 bridgehead atoms. The molecule has 9 heteroatoms. The molecule has 4 aromatic rings. The van der Waals surface area contributed by atoms with Crippen LogP contribution in [0.5, 0.6) is 5.75 Å².